The van der Waals surface area contributed by atoms with Crippen molar-refractivity contribution in [1.29, 1.82) is 0 Å². The molecule has 0 bridgehead atoms. The average molecular weight is 188 g/mol. The van der Waals surface area contributed by atoms with E-state index in [2.05, 4.69) is 10.9 Å². The minimum atomic E-state index is 0.0593. The van der Waals surface area contributed by atoms with E-state index < -0.39 is 0 Å². The summed E-state index contributed by atoms with van der Waals surface area (Å²) < 4.78 is 0. The van der Waals surface area contributed by atoms with E-state index in [1.165, 1.54) is 0 Å². The first-order chi connectivity index (χ1) is 6.81. The second kappa shape index (κ2) is 3.59. The summed E-state index contributed by atoms with van der Waals surface area (Å²) in [5, 5.41) is 0. The molecule has 1 amide bonds. The molecule has 0 aliphatic carbocycles. The van der Waals surface area contributed by atoms with Crippen LogP contribution in [0, 0.1) is 12.3 Å². The van der Waals surface area contributed by atoms with Crippen molar-refractivity contribution in [3.05, 3.63) is 23.5 Å². The highest BCUT2D eigenvalue weighted by Crippen LogP contribution is 2.12. The molecule has 0 atom stereocenters. The Labute approximate surface area is 83.1 Å². The van der Waals surface area contributed by atoms with Gasteiger partial charge < -0.3 is 9.88 Å². The summed E-state index contributed by atoms with van der Waals surface area (Å²) in [5.41, 5.74) is 1.33. The number of H-pyrrole nitrogens is 1. The van der Waals surface area contributed by atoms with Gasteiger partial charge in [-0.25, -0.2) is 0 Å². The summed E-state index contributed by atoms with van der Waals surface area (Å²) in [5.74, 6) is 2.55. The second-order valence-electron chi connectivity index (χ2n) is 3.45. The molecule has 1 saturated heterocycles. The lowest BCUT2D eigenvalue weighted by molar-refractivity contribution is 0.0788. The number of carbonyl (C=O) groups excluding carboxylic acids is 1. The number of aromatic amines is 1. The molecule has 0 spiro atoms. The SMILES string of the molecule is C#Cc1c[nH]c(C(=O)N2CCCC2)c1. The van der Waals surface area contributed by atoms with Crippen molar-refractivity contribution in [2.45, 2.75) is 12.8 Å². The number of aromatic nitrogens is 1. The third-order valence-electron chi connectivity index (χ3n) is 2.47. The maximum atomic E-state index is 11.8. The smallest absolute Gasteiger partial charge is 0.270 e. The molecule has 1 N–H and O–H groups in total. The van der Waals surface area contributed by atoms with Gasteiger partial charge in [-0.1, -0.05) is 5.92 Å². The van der Waals surface area contributed by atoms with E-state index in [0.717, 1.165) is 31.5 Å². The average Bonchev–Trinajstić information content (AvgIpc) is 2.88. The Balaban J connectivity index is 2.14. The van der Waals surface area contributed by atoms with Gasteiger partial charge >= 0.3 is 0 Å². The third kappa shape index (κ3) is 1.51. The van der Waals surface area contributed by atoms with Crippen molar-refractivity contribution in [2.24, 2.45) is 0 Å². The minimum Gasteiger partial charge on any atom is -0.356 e. The minimum absolute atomic E-state index is 0.0593. The molecule has 1 aromatic rings. The molecule has 0 unspecified atom stereocenters. The summed E-state index contributed by atoms with van der Waals surface area (Å²) in [7, 11) is 0. The van der Waals surface area contributed by atoms with Gasteiger partial charge in [0.25, 0.3) is 5.91 Å². The number of nitrogens with zero attached hydrogens (tertiary/aromatic N) is 1. The Bertz CT molecular complexity index is 380. The van der Waals surface area contributed by atoms with Crippen LogP contribution in [0.15, 0.2) is 12.3 Å². The summed E-state index contributed by atoms with van der Waals surface area (Å²) in [6, 6.07) is 1.72. The maximum absolute atomic E-state index is 11.8. The zero-order chi connectivity index (χ0) is 9.97. The van der Waals surface area contributed by atoms with Gasteiger partial charge in [0.1, 0.15) is 5.69 Å². The highest BCUT2D eigenvalue weighted by molar-refractivity contribution is 5.93. The molecule has 1 aromatic heterocycles. The standard InChI is InChI=1S/C11H12N2O/c1-2-9-7-10(12-8-9)11(14)13-5-3-4-6-13/h1,7-8,12H,3-6H2. The van der Waals surface area contributed by atoms with Gasteiger partial charge in [0.2, 0.25) is 0 Å². The first kappa shape index (κ1) is 8.89. The van der Waals surface area contributed by atoms with Crippen LogP contribution in [0.25, 0.3) is 0 Å². The monoisotopic (exact) mass is 188 g/mol. The summed E-state index contributed by atoms with van der Waals surface area (Å²) in [6.07, 6.45) is 9.12. The number of terminal acetylenes is 1. The number of nitrogens with one attached hydrogen (secondary N) is 1. The van der Waals surface area contributed by atoms with Gasteiger partial charge in [0.15, 0.2) is 0 Å². The van der Waals surface area contributed by atoms with Crippen molar-refractivity contribution >= 4 is 5.91 Å². The molecule has 0 radical (unpaired) electrons. The fourth-order valence-electron chi connectivity index (χ4n) is 1.69. The lowest BCUT2D eigenvalue weighted by Gasteiger charge is -2.13. The fraction of sp³-hybridized carbons (Fsp3) is 0.364. The molecule has 3 heteroatoms. The van der Waals surface area contributed by atoms with Crippen LogP contribution in [0.1, 0.15) is 28.9 Å². The molecule has 14 heavy (non-hydrogen) atoms. The normalized spacial score (nSPS) is 15.5. The first-order valence-corrected chi connectivity index (χ1v) is 4.75. The highest BCUT2D eigenvalue weighted by Gasteiger charge is 2.20. The van der Waals surface area contributed by atoms with E-state index in [1.807, 2.05) is 4.90 Å². The Hall–Kier alpha value is -1.69. The van der Waals surface area contributed by atoms with Crippen LogP contribution in [0.3, 0.4) is 0 Å². The molecule has 1 aliphatic rings. The molecule has 3 nitrogen and oxygen atoms in total. The predicted octanol–water partition coefficient (Wildman–Crippen LogP) is 1.23. The maximum Gasteiger partial charge on any atom is 0.270 e. The van der Waals surface area contributed by atoms with Crippen LogP contribution in [0.5, 0.6) is 0 Å². The molecular weight excluding hydrogens is 176 g/mol. The Morgan fingerprint density at radius 3 is 2.79 bits per heavy atom. The van der Waals surface area contributed by atoms with Gasteiger partial charge in [-0.05, 0) is 18.9 Å². The lowest BCUT2D eigenvalue weighted by Crippen LogP contribution is -2.27. The predicted molar refractivity (Wildman–Crippen MR) is 53.9 cm³/mol. The van der Waals surface area contributed by atoms with Gasteiger partial charge in [-0.3, -0.25) is 4.79 Å². The van der Waals surface area contributed by atoms with Crippen LogP contribution >= 0.6 is 0 Å². The topological polar surface area (TPSA) is 36.1 Å². The Morgan fingerprint density at radius 2 is 2.21 bits per heavy atom. The largest absolute Gasteiger partial charge is 0.356 e. The van der Waals surface area contributed by atoms with Crippen LogP contribution in [-0.4, -0.2) is 28.9 Å². The van der Waals surface area contributed by atoms with Crippen molar-refractivity contribution in [1.82, 2.24) is 9.88 Å². The van der Waals surface area contributed by atoms with Gasteiger partial charge in [0, 0.05) is 24.8 Å². The number of likely N-dealkylation sites (tertiary alicyclic amines) is 1. The summed E-state index contributed by atoms with van der Waals surface area (Å²) in [6.45, 7) is 1.73. The molecule has 72 valence electrons. The Morgan fingerprint density at radius 1 is 1.50 bits per heavy atom. The molecule has 2 heterocycles. The van der Waals surface area contributed by atoms with E-state index in [9.17, 15) is 4.79 Å². The summed E-state index contributed by atoms with van der Waals surface area (Å²) >= 11 is 0. The van der Waals surface area contributed by atoms with Crippen LogP contribution in [0.4, 0.5) is 0 Å². The quantitative estimate of drug-likeness (QED) is 0.661. The lowest BCUT2D eigenvalue weighted by atomic mass is 10.3. The van der Waals surface area contributed by atoms with E-state index in [4.69, 9.17) is 6.42 Å². The second-order valence-corrected chi connectivity index (χ2v) is 3.45. The zero-order valence-electron chi connectivity index (χ0n) is 7.92. The van der Waals surface area contributed by atoms with Crippen LogP contribution < -0.4 is 0 Å². The van der Waals surface area contributed by atoms with E-state index in [1.54, 1.807) is 12.3 Å². The third-order valence-corrected chi connectivity index (χ3v) is 2.47. The van der Waals surface area contributed by atoms with Crippen LogP contribution in [0.2, 0.25) is 0 Å². The molecule has 1 aliphatic heterocycles. The number of rotatable bonds is 1. The Kier molecular flexibility index (Phi) is 2.28. The van der Waals surface area contributed by atoms with E-state index >= 15 is 0 Å². The molecule has 0 saturated carbocycles. The van der Waals surface area contributed by atoms with E-state index in [0.29, 0.717) is 5.69 Å². The zero-order valence-corrected chi connectivity index (χ0v) is 7.92. The van der Waals surface area contributed by atoms with Gasteiger partial charge in [-0.15, -0.1) is 6.42 Å². The molecule has 2 rings (SSSR count). The van der Waals surface area contributed by atoms with Crippen LogP contribution in [-0.2, 0) is 0 Å². The van der Waals surface area contributed by atoms with Crippen molar-refractivity contribution in [2.75, 3.05) is 13.1 Å². The number of hydrogen-bond donors (Lipinski definition) is 1. The number of hydrogen-bond acceptors (Lipinski definition) is 1. The van der Waals surface area contributed by atoms with E-state index in [-0.39, 0.29) is 5.91 Å². The fourth-order valence-corrected chi connectivity index (χ4v) is 1.69. The van der Waals surface area contributed by atoms with Crippen molar-refractivity contribution in [3.8, 4) is 12.3 Å². The van der Waals surface area contributed by atoms with Gasteiger partial charge in [0.05, 0.1) is 0 Å². The van der Waals surface area contributed by atoms with Gasteiger partial charge in [-0.2, -0.15) is 0 Å². The highest BCUT2D eigenvalue weighted by atomic mass is 16.2. The van der Waals surface area contributed by atoms with Crippen molar-refractivity contribution in [3.63, 3.8) is 0 Å². The number of amides is 1. The molecular formula is C11H12N2O. The first-order valence-electron chi connectivity index (χ1n) is 4.75. The number of carbonyl (C=O) groups is 1. The summed E-state index contributed by atoms with van der Waals surface area (Å²) in [4.78, 5) is 16.6. The molecule has 0 aromatic carbocycles. The molecule has 1 fully saturated rings. The van der Waals surface area contributed by atoms with Crippen molar-refractivity contribution < 1.29 is 4.79 Å².